The molecule has 32 heavy (non-hydrogen) atoms. The van der Waals surface area contributed by atoms with Crippen LogP contribution in [-0.4, -0.2) is 34.5 Å². The van der Waals surface area contributed by atoms with Crippen LogP contribution in [0.5, 0.6) is 0 Å². The van der Waals surface area contributed by atoms with E-state index < -0.39 is 11.6 Å². The van der Waals surface area contributed by atoms with E-state index in [2.05, 4.69) is 41.0 Å². The number of aryl methyl sites for hydroxylation is 1. The number of imidazole rings is 1. The van der Waals surface area contributed by atoms with Gasteiger partial charge >= 0.3 is 0 Å². The first-order valence-electron chi connectivity index (χ1n) is 10.6. The van der Waals surface area contributed by atoms with Crippen molar-refractivity contribution >= 4 is 33.5 Å². The standard InChI is InChI=1S/C24H23F2N5S/c1-3-20-23(31-13-17(5-7-22(31)28-20)15-8-10-27-11-9-15)30(2)24-29-21(14-32-24)16-4-6-18(25)19(26)12-16/h4-8,12-14,27H,3,9-11H2,1-2H3. The number of nitrogens with zero attached hydrogens (tertiary/aromatic N) is 4. The first-order chi connectivity index (χ1) is 15.5. The van der Waals surface area contributed by atoms with Crippen LogP contribution >= 0.6 is 11.3 Å². The Morgan fingerprint density at radius 1 is 1.12 bits per heavy atom. The molecule has 8 heteroatoms. The molecule has 0 atom stereocenters. The Morgan fingerprint density at radius 2 is 1.97 bits per heavy atom. The Balaban J connectivity index is 1.55. The Bertz CT molecular complexity index is 1320. The summed E-state index contributed by atoms with van der Waals surface area (Å²) >= 11 is 1.46. The van der Waals surface area contributed by atoms with Crippen molar-refractivity contribution in [2.45, 2.75) is 19.8 Å². The number of benzene rings is 1. The fourth-order valence-corrected chi connectivity index (χ4v) is 4.85. The highest BCUT2D eigenvalue weighted by atomic mass is 32.1. The predicted octanol–water partition coefficient (Wildman–Crippen LogP) is 5.44. The van der Waals surface area contributed by atoms with Gasteiger partial charge in [-0.1, -0.05) is 13.0 Å². The van der Waals surface area contributed by atoms with Gasteiger partial charge in [0.15, 0.2) is 16.8 Å². The molecule has 1 N–H and O–H groups in total. The average Bonchev–Trinajstić information content (AvgIpc) is 3.45. The van der Waals surface area contributed by atoms with Gasteiger partial charge in [-0.2, -0.15) is 0 Å². The number of halogens is 2. The van der Waals surface area contributed by atoms with Crippen molar-refractivity contribution in [1.29, 1.82) is 0 Å². The molecule has 0 saturated heterocycles. The molecule has 1 aromatic carbocycles. The molecule has 0 saturated carbocycles. The van der Waals surface area contributed by atoms with Gasteiger partial charge in [-0.05, 0) is 60.9 Å². The number of hydrogen-bond donors (Lipinski definition) is 1. The monoisotopic (exact) mass is 451 g/mol. The minimum absolute atomic E-state index is 0.550. The summed E-state index contributed by atoms with van der Waals surface area (Å²) in [5.74, 6) is -0.774. The number of hydrogen-bond acceptors (Lipinski definition) is 5. The van der Waals surface area contributed by atoms with Gasteiger partial charge < -0.3 is 10.2 Å². The van der Waals surface area contributed by atoms with Gasteiger partial charge in [0.05, 0.1) is 11.4 Å². The zero-order valence-corrected chi connectivity index (χ0v) is 18.7. The van der Waals surface area contributed by atoms with Crippen molar-refractivity contribution in [2.75, 3.05) is 25.0 Å². The first kappa shape index (κ1) is 20.8. The molecule has 0 bridgehead atoms. The normalized spacial score (nSPS) is 14.1. The largest absolute Gasteiger partial charge is 0.313 e. The van der Waals surface area contributed by atoms with Gasteiger partial charge in [-0.25, -0.2) is 18.7 Å². The van der Waals surface area contributed by atoms with E-state index in [1.54, 1.807) is 6.07 Å². The number of nitrogens with one attached hydrogen (secondary N) is 1. The minimum atomic E-state index is -0.875. The van der Waals surface area contributed by atoms with Gasteiger partial charge in [-0.3, -0.25) is 4.40 Å². The van der Waals surface area contributed by atoms with E-state index in [1.807, 2.05) is 17.3 Å². The van der Waals surface area contributed by atoms with Crippen LogP contribution in [0, 0.1) is 11.6 Å². The third-order valence-electron chi connectivity index (χ3n) is 5.74. The van der Waals surface area contributed by atoms with Crippen LogP contribution in [0.2, 0.25) is 0 Å². The summed E-state index contributed by atoms with van der Waals surface area (Å²) in [6.07, 6.45) is 6.16. The first-order valence-corrected chi connectivity index (χ1v) is 11.5. The molecule has 1 aliphatic rings. The molecular weight excluding hydrogens is 428 g/mol. The van der Waals surface area contributed by atoms with E-state index in [1.165, 1.54) is 28.5 Å². The third-order valence-corrected chi connectivity index (χ3v) is 6.66. The molecule has 0 radical (unpaired) electrons. The van der Waals surface area contributed by atoms with Crippen LogP contribution in [0.25, 0.3) is 22.5 Å². The Morgan fingerprint density at radius 3 is 2.72 bits per heavy atom. The summed E-state index contributed by atoms with van der Waals surface area (Å²) in [6.45, 7) is 3.95. The second kappa shape index (κ2) is 8.44. The van der Waals surface area contributed by atoms with Crippen LogP contribution in [-0.2, 0) is 6.42 Å². The number of fused-ring (bicyclic) bond motifs is 1. The Hall–Kier alpha value is -3.10. The minimum Gasteiger partial charge on any atom is -0.313 e. The maximum absolute atomic E-state index is 13.7. The van der Waals surface area contributed by atoms with E-state index in [4.69, 9.17) is 9.97 Å². The number of thiazole rings is 1. The van der Waals surface area contributed by atoms with Gasteiger partial charge in [0.1, 0.15) is 11.5 Å². The van der Waals surface area contributed by atoms with Crippen molar-refractivity contribution in [3.63, 3.8) is 0 Å². The molecule has 5 rings (SSSR count). The summed E-state index contributed by atoms with van der Waals surface area (Å²) in [5, 5.41) is 5.97. The fourth-order valence-electron chi connectivity index (χ4n) is 4.04. The Labute approximate surface area is 189 Å². The number of aromatic nitrogens is 3. The van der Waals surface area contributed by atoms with E-state index in [0.29, 0.717) is 11.3 Å². The van der Waals surface area contributed by atoms with Gasteiger partial charge in [0.25, 0.3) is 0 Å². The van der Waals surface area contributed by atoms with Crippen LogP contribution < -0.4 is 10.2 Å². The lowest BCUT2D eigenvalue weighted by Crippen LogP contribution is -2.20. The topological polar surface area (TPSA) is 45.5 Å². The second-order valence-corrected chi connectivity index (χ2v) is 8.60. The summed E-state index contributed by atoms with van der Waals surface area (Å²) in [5.41, 5.74) is 5.56. The van der Waals surface area contributed by atoms with Gasteiger partial charge in [0, 0.05) is 30.7 Å². The number of rotatable bonds is 5. The van der Waals surface area contributed by atoms with E-state index in [-0.39, 0.29) is 0 Å². The van der Waals surface area contributed by atoms with Crippen molar-refractivity contribution in [2.24, 2.45) is 0 Å². The summed E-state index contributed by atoms with van der Waals surface area (Å²) in [6, 6.07) is 8.04. The molecule has 0 spiro atoms. The molecule has 0 fully saturated rings. The maximum Gasteiger partial charge on any atom is 0.191 e. The highest BCUT2D eigenvalue weighted by molar-refractivity contribution is 7.14. The zero-order valence-electron chi connectivity index (χ0n) is 17.9. The highest BCUT2D eigenvalue weighted by Gasteiger charge is 2.20. The van der Waals surface area contributed by atoms with Crippen molar-refractivity contribution in [3.05, 3.63) is 70.9 Å². The van der Waals surface area contributed by atoms with Crippen LogP contribution in [0.15, 0.2) is 48.0 Å². The average molecular weight is 452 g/mol. The lowest BCUT2D eigenvalue weighted by atomic mass is 10.0. The zero-order chi connectivity index (χ0) is 22.2. The molecule has 164 valence electrons. The molecule has 0 aliphatic carbocycles. The predicted molar refractivity (Wildman–Crippen MR) is 126 cm³/mol. The molecule has 3 aromatic heterocycles. The van der Waals surface area contributed by atoms with Crippen LogP contribution in [0.1, 0.15) is 24.6 Å². The van der Waals surface area contributed by atoms with E-state index >= 15 is 0 Å². The van der Waals surface area contributed by atoms with Gasteiger partial charge in [-0.15, -0.1) is 11.3 Å². The lowest BCUT2D eigenvalue weighted by molar-refractivity contribution is 0.509. The summed E-state index contributed by atoms with van der Waals surface area (Å²) in [7, 11) is 1.97. The number of pyridine rings is 1. The van der Waals surface area contributed by atoms with Crippen molar-refractivity contribution < 1.29 is 8.78 Å². The smallest absolute Gasteiger partial charge is 0.191 e. The quantitative estimate of drug-likeness (QED) is 0.439. The highest BCUT2D eigenvalue weighted by Crippen LogP contribution is 2.34. The molecule has 4 aromatic rings. The van der Waals surface area contributed by atoms with Crippen LogP contribution in [0.4, 0.5) is 19.7 Å². The molecule has 0 amide bonds. The molecular formula is C24H23F2N5S. The van der Waals surface area contributed by atoms with Crippen LogP contribution in [0.3, 0.4) is 0 Å². The molecule has 4 heterocycles. The third kappa shape index (κ3) is 3.69. The SMILES string of the molecule is CCc1nc2ccc(C3=CCNCC3)cn2c1N(C)c1nc(-c2ccc(F)c(F)c2)cs1. The Kier molecular flexibility index (Phi) is 5.48. The van der Waals surface area contributed by atoms with E-state index in [0.717, 1.165) is 54.3 Å². The maximum atomic E-state index is 13.7. The van der Waals surface area contributed by atoms with E-state index in [9.17, 15) is 8.78 Å². The fraction of sp³-hybridized carbons (Fsp3) is 0.250. The van der Waals surface area contributed by atoms with Crippen molar-refractivity contribution in [3.8, 4) is 11.3 Å². The summed E-state index contributed by atoms with van der Waals surface area (Å²) in [4.78, 5) is 11.5. The summed E-state index contributed by atoms with van der Waals surface area (Å²) < 4.78 is 29.1. The van der Waals surface area contributed by atoms with Gasteiger partial charge in [0.2, 0.25) is 0 Å². The molecule has 1 aliphatic heterocycles. The molecule has 5 nitrogen and oxygen atoms in total. The second-order valence-electron chi connectivity index (χ2n) is 7.77. The number of anilines is 2. The molecule has 0 unspecified atom stereocenters. The van der Waals surface area contributed by atoms with Crippen molar-refractivity contribution in [1.82, 2.24) is 19.7 Å². The lowest BCUT2D eigenvalue weighted by Gasteiger charge is -2.18.